The Morgan fingerprint density at radius 2 is 1.52 bits per heavy atom. The largest absolute Gasteiger partial charge is 0.274 e. The Balaban J connectivity index is 1.64. The Hall–Kier alpha value is -2.89. The SMILES string of the molecule is Cc1ccc(C2=C(Sc3ccc(Cl)cc3)C(=O)N(CCc3ccc(F)cc3)C2=O)cc1. The average molecular weight is 452 g/mol. The van der Waals surface area contributed by atoms with E-state index in [1.807, 2.05) is 43.3 Å². The third-order valence-electron chi connectivity index (χ3n) is 5.04. The summed E-state index contributed by atoms with van der Waals surface area (Å²) < 4.78 is 13.2. The van der Waals surface area contributed by atoms with Gasteiger partial charge in [-0.2, -0.15) is 0 Å². The van der Waals surface area contributed by atoms with Crippen LogP contribution in [-0.2, 0) is 16.0 Å². The topological polar surface area (TPSA) is 37.4 Å². The first-order valence-corrected chi connectivity index (χ1v) is 11.0. The number of hydrogen-bond donors (Lipinski definition) is 0. The zero-order chi connectivity index (χ0) is 22.0. The van der Waals surface area contributed by atoms with Gasteiger partial charge in [0.05, 0.1) is 10.5 Å². The molecular weight excluding hydrogens is 433 g/mol. The molecule has 156 valence electrons. The molecule has 1 aliphatic heterocycles. The molecule has 2 amide bonds. The van der Waals surface area contributed by atoms with E-state index in [2.05, 4.69) is 0 Å². The molecule has 1 aliphatic rings. The second-order valence-electron chi connectivity index (χ2n) is 7.26. The number of thioether (sulfide) groups is 1. The highest BCUT2D eigenvalue weighted by molar-refractivity contribution is 8.04. The van der Waals surface area contributed by atoms with Crippen LogP contribution in [-0.4, -0.2) is 23.3 Å². The maximum Gasteiger partial charge on any atom is 0.268 e. The van der Waals surface area contributed by atoms with Crippen molar-refractivity contribution >= 4 is 40.8 Å². The summed E-state index contributed by atoms with van der Waals surface area (Å²) in [7, 11) is 0. The molecule has 0 aliphatic carbocycles. The van der Waals surface area contributed by atoms with Gasteiger partial charge in [0.25, 0.3) is 11.8 Å². The monoisotopic (exact) mass is 451 g/mol. The zero-order valence-corrected chi connectivity index (χ0v) is 18.3. The van der Waals surface area contributed by atoms with Crippen molar-refractivity contribution in [2.24, 2.45) is 0 Å². The van der Waals surface area contributed by atoms with Gasteiger partial charge in [-0.25, -0.2) is 4.39 Å². The summed E-state index contributed by atoms with van der Waals surface area (Å²) in [6.45, 7) is 2.20. The van der Waals surface area contributed by atoms with Crippen molar-refractivity contribution in [3.63, 3.8) is 0 Å². The van der Waals surface area contributed by atoms with Gasteiger partial charge < -0.3 is 0 Å². The van der Waals surface area contributed by atoms with Gasteiger partial charge in [-0.05, 0) is 60.9 Å². The van der Waals surface area contributed by atoms with Crippen molar-refractivity contribution < 1.29 is 14.0 Å². The number of nitrogens with zero attached hydrogens (tertiary/aromatic N) is 1. The van der Waals surface area contributed by atoms with Gasteiger partial charge in [-0.15, -0.1) is 0 Å². The summed E-state index contributed by atoms with van der Waals surface area (Å²) in [6.07, 6.45) is 0.456. The first kappa shape index (κ1) is 21.3. The van der Waals surface area contributed by atoms with E-state index in [0.717, 1.165) is 16.0 Å². The molecule has 0 spiro atoms. The molecular formula is C25H19ClFNO2S. The lowest BCUT2D eigenvalue weighted by Gasteiger charge is -2.15. The van der Waals surface area contributed by atoms with E-state index in [4.69, 9.17) is 11.6 Å². The van der Waals surface area contributed by atoms with Crippen LogP contribution < -0.4 is 0 Å². The fraction of sp³-hybridized carbons (Fsp3) is 0.120. The molecule has 0 saturated carbocycles. The Bertz CT molecular complexity index is 1160. The van der Waals surface area contributed by atoms with E-state index in [9.17, 15) is 14.0 Å². The normalized spacial score (nSPS) is 14.0. The van der Waals surface area contributed by atoms with Crippen LogP contribution in [0.5, 0.6) is 0 Å². The number of aryl methyl sites for hydroxylation is 1. The molecule has 0 atom stereocenters. The van der Waals surface area contributed by atoms with Crippen molar-refractivity contribution in [1.82, 2.24) is 4.90 Å². The lowest BCUT2D eigenvalue weighted by atomic mass is 10.0. The van der Waals surface area contributed by atoms with Gasteiger partial charge in [0.1, 0.15) is 5.82 Å². The van der Waals surface area contributed by atoms with E-state index in [1.165, 1.54) is 28.8 Å². The predicted octanol–water partition coefficient (Wildman–Crippen LogP) is 5.90. The summed E-state index contributed by atoms with van der Waals surface area (Å²) in [4.78, 5) is 29.0. The lowest BCUT2D eigenvalue weighted by Crippen LogP contribution is -2.33. The minimum absolute atomic E-state index is 0.226. The first-order valence-electron chi connectivity index (χ1n) is 9.78. The smallest absolute Gasteiger partial charge is 0.268 e. The van der Waals surface area contributed by atoms with Crippen LogP contribution in [0.2, 0.25) is 5.02 Å². The van der Waals surface area contributed by atoms with Crippen LogP contribution in [0.1, 0.15) is 16.7 Å². The number of halogens is 2. The van der Waals surface area contributed by atoms with Crippen LogP contribution in [0.25, 0.3) is 5.57 Å². The Kier molecular flexibility index (Phi) is 6.25. The first-order chi connectivity index (χ1) is 14.9. The van der Waals surface area contributed by atoms with Crippen molar-refractivity contribution in [3.8, 4) is 0 Å². The van der Waals surface area contributed by atoms with Crippen molar-refractivity contribution in [2.75, 3.05) is 6.54 Å². The van der Waals surface area contributed by atoms with E-state index >= 15 is 0 Å². The van der Waals surface area contributed by atoms with Crippen LogP contribution in [0.3, 0.4) is 0 Å². The number of carbonyl (C=O) groups excluding carboxylic acids is 2. The van der Waals surface area contributed by atoms with Crippen LogP contribution in [0.4, 0.5) is 4.39 Å². The molecule has 0 radical (unpaired) electrons. The fourth-order valence-corrected chi connectivity index (χ4v) is 4.48. The summed E-state index contributed by atoms with van der Waals surface area (Å²) in [5.41, 5.74) is 3.05. The standard InChI is InChI=1S/C25H19ClFNO2S/c1-16-2-6-18(7-3-16)22-23(31-21-12-8-19(26)9-13-21)25(30)28(24(22)29)15-14-17-4-10-20(27)11-5-17/h2-13H,14-15H2,1H3. The minimum Gasteiger partial charge on any atom is -0.274 e. The molecule has 6 heteroatoms. The Labute approximate surface area is 189 Å². The summed E-state index contributed by atoms with van der Waals surface area (Å²) in [5.74, 6) is -0.947. The molecule has 0 saturated heterocycles. The molecule has 3 aromatic rings. The Morgan fingerprint density at radius 3 is 2.16 bits per heavy atom. The molecule has 3 aromatic carbocycles. The molecule has 1 heterocycles. The number of imide groups is 1. The molecule has 0 fully saturated rings. The molecule has 4 rings (SSSR count). The Morgan fingerprint density at radius 1 is 0.871 bits per heavy atom. The molecule has 31 heavy (non-hydrogen) atoms. The van der Waals surface area contributed by atoms with Crippen molar-refractivity contribution in [3.05, 3.63) is 105 Å². The van der Waals surface area contributed by atoms with Crippen LogP contribution in [0.15, 0.2) is 82.6 Å². The number of rotatable bonds is 6. The predicted molar refractivity (Wildman–Crippen MR) is 122 cm³/mol. The molecule has 3 nitrogen and oxygen atoms in total. The highest BCUT2D eigenvalue weighted by Crippen LogP contribution is 2.40. The van der Waals surface area contributed by atoms with Crippen molar-refractivity contribution in [1.29, 1.82) is 0 Å². The highest BCUT2D eigenvalue weighted by Gasteiger charge is 2.39. The maximum atomic E-state index is 13.3. The molecule has 0 unspecified atom stereocenters. The number of benzene rings is 3. The summed E-state index contributed by atoms with van der Waals surface area (Å²) in [6, 6.07) is 20.8. The highest BCUT2D eigenvalue weighted by atomic mass is 35.5. The zero-order valence-electron chi connectivity index (χ0n) is 16.8. The van der Waals surface area contributed by atoms with Gasteiger partial charge in [-0.1, -0.05) is 65.3 Å². The van der Waals surface area contributed by atoms with Gasteiger partial charge in [-0.3, -0.25) is 14.5 Å². The molecule has 0 aromatic heterocycles. The van der Waals surface area contributed by atoms with E-state index in [1.54, 1.807) is 24.3 Å². The van der Waals surface area contributed by atoms with Gasteiger partial charge in [0.15, 0.2) is 0 Å². The number of amides is 2. The quantitative estimate of drug-likeness (QED) is 0.438. The van der Waals surface area contributed by atoms with E-state index in [0.29, 0.717) is 27.5 Å². The number of hydrogen-bond acceptors (Lipinski definition) is 3. The van der Waals surface area contributed by atoms with Gasteiger partial charge in [0.2, 0.25) is 0 Å². The second kappa shape index (κ2) is 9.08. The molecule has 0 bridgehead atoms. The van der Waals surface area contributed by atoms with Gasteiger partial charge >= 0.3 is 0 Å². The second-order valence-corrected chi connectivity index (χ2v) is 8.78. The fourth-order valence-electron chi connectivity index (χ4n) is 3.34. The average Bonchev–Trinajstić information content (AvgIpc) is 2.99. The summed E-state index contributed by atoms with van der Waals surface area (Å²) in [5, 5.41) is 0.604. The summed E-state index contributed by atoms with van der Waals surface area (Å²) >= 11 is 7.24. The van der Waals surface area contributed by atoms with E-state index < -0.39 is 0 Å². The number of carbonyl (C=O) groups is 2. The van der Waals surface area contributed by atoms with Crippen LogP contribution >= 0.6 is 23.4 Å². The van der Waals surface area contributed by atoms with Crippen LogP contribution in [0, 0.1) is 12.7 Å². The van der Waals surface area contributed by atoms with E-state index in [-0.39, 0.29) is 24.2 Å². The van der Waals surface area contributed by atoms with Crippen molar-refractivity contribution in [2.45, 2.75) is 18.2 Å². The maximum absolute atomic E-state index is 13.3. The third-order valence-corrected chi connectivity index (χ3v) is 6.38. The molecule has 0 N–H and O–H groups in total. The van der Waals surface area contributed by atoms with Gasteiger partial charge in [0, 0.05) is 16.5 Å². The minimum atomic E-state index is -0.318. The lowest BCUT2D eigenvalue weighted by molar-refractivity contribution is -0.136. The third kappa shape index (κ3) is 4.73.